The molecule has 0 N–H and O–H groups in total. The van der Waals surface area contributed by atoms with Gasteiger partial charge in [0, 0.05) is 13.2 Å². The Morgan fingerprint density at radius 2 is 1.04 bits per heavy atom. The van der Waals surface area contributed by atoms with Gasteiger partial charge in [-0.2, -0.15) is 7.82 Å². The smallest absolute Gasteiger partial charge is 0.822 e. The molecule has 0 fully saturated rings. The molecule has 5 nitrogen and oxygen atoms in total. The van der Waals surface area contributed by atoms with Crippen LogP contribution in [-0.2, 0) is 9.30 Å². The van der Waals surface area contributed by atoms with Gasteiger partial charge in [0.15, 0.2) is 0 Å². The molecule has 2 atom stereocenters. The first-order chi connectivity index (χ1) is 10.3. The average Bonchev–Trinajstić information content (AvgIpc) is 2.44. The molecule has 2 unspecified atom stereocenters. The second kappa shape index (κ2) is 27.1. The first-order valence-corrected chi connectivity index (χ1v) is 10.0. The van der Waals surface area contributed by atoms with E-state index in [4.69, 9.17) is 24.0 Å². The molecule has 0 bridgehead atoms. The van der Waals surface area contributed by atoms with Crippen LogP contribution < -0.4 is 103 Å². The summed E-state index contributed by atoms with van der Waals surface area (Å²) in [6, 6.07) is 0. The average molecular weight is 406 g/mol. The second-order valence-corrected chi connectivity index (χ2v) is 6.71. The topological polar surface area (TPSA) is 95.5 Å². The van der Waals surface area contributed by atoms with E-state index >= 15 is 0 Å². The van der Waals surface area contributed by atoms with Crippen molar-refractivity contribution >= 4 is 7.82 Å². The Labute approximate surface area is 222 Å². The van der Waals surface area contributed by atoms with Crippen molar-refractivity contribution in [3.05, 3.63) is 0 Å². The van der Waals surface area contributed by atoms with Gasteiger partial charge >= 0.3 is 88.7 Å². The van der Waals surface area contributed by atoms with Crippen LogP contribution in [0.1, 0.15) is 79.1 Å². The largest absolute Gasteiger partial charge is 1.00 e. The minimum atomic E-state index is -5.39. The normalized spacial score (nSPS) is 12.4. The maximum absolute atomic E-state index is 8.55. The van der Waals surface area contributed by atoms with E-state index in [0.29, 0.717) is 0 Å². The van der Waals surface area contributed by atoms with Gasteiger partial charge in [0.1, 0.15) is 0 Å². The van der Waals surface area contributed by atoms with Gasteiger partial charge in [-0.3, -0.25) is 0 Å². The predicted molar refractivity (Wildman–Crippen MR) is 85.0 cm³/mol. The van der Waals surface area contributed by atoms with Gasteiger partial charge in [-0.05, 0) is 24.7 Å². The summed E-state index contributed by atoms with van der Waals surface area (Å²) in [5.41, 5.74) is 0. The van der Waals surface area contributed by atoms with Crippen LogP contribution in [0.2, 0.25) is 0 Å². The molecule has 0 aromatic rings. The Hall–Kier alpha value is 3.07. The van der Waals surface area contributed by atoms with E-state index in [1.54, 1.807) is 0 Å². The van der Waals surface area contributed by atoms with Crippen LogP contribution >= 0.6 is 7.82 Å². The Bertz CT molecular complexity index is 256. The van der Waals surface area contributed by atoms with E-state index in [0.717, 1.165) is 25.0 Å². The van der Waals surface area contributed by atoms with Gasteiger partial charge in [-0.1, -0.05) is 66.2 Å². The fraction of sp³-hybridized carbons (Fsp3) is 1.00. The molecule has 0 aliphatic rings. The fourth-order valence-corrected chi connectivity index (χ4v) is 2.20. The van der Waals surface area contributed by atoms with Crippen LogP contribution in [0.5, 0.6) is 0 Å². The fourth-order valence-electron chi connectivity index (χ4n) is 2.20. The first kappa shape index (κ1) is 38.6. The van der Waals surface area contributed by atoms with Crippen LogP contribution in [0.25, 0.3) is 0 Å². The van der Waals surface area contributed by atoms with Crippen LogP contribution in [0, 0.1) is 11.8 Å². The molecule has 9 heteroatoms. The predicted octanol–water partition coefficient (Wildman–Crippen LogP) is -6.38. The minimum Gasteiger partial charge on any atom is -0.822 e. The molecule has 0 saturated carbocycles. The van der Waals surface area contributed by atoms with Crippen molar-refractivity contribution in [2.75, 3.05) is 13.2 Å². The van der Waals surface area contributed by atoms with Crippen molar-refractivity contribution < 1.29 is 113 Å². The number of unbranched alkanes of at least 4 members (excludes halogenated alkanes) is 2. The number of hydrogen-bond donors (Lipinski definition) is 0. The molecule has 25 heavy (non-hydrogen) atoms. The summed E-state index contributed by atoms with van der Waals surface area (Å²) in [6.45, 7) is 11.1. The molecule has 0 aromatic carbocycles. The van der Waals surface area contributed by atoms with Gasteiger partial charge in [-0.15, -0.1) is 0 Å². The van der Waals surface area contributed by atoms with E-state index < -0.39 is 7.82 Å². The number of phosphoric acid groups is 1. The van der Waals surface area contributed by atoms with Crippen molar-refractivity contribution in [1.82, 2.24) is 0 Å². The Morgan fingerprint density at radius 3 is 1.24 bits per heavy atom. The molecule has 0 aliphatic heterocycles. The third-order valence-corrected chi connectivity index (χ3v) is 3.79. The molecule has 0 amide bonds. The van der Waals surface area contributed by atoms with Crippen molar-refractivity contribution in [1.29, 1.82) is 0 Å². The Morgan fingerprint density at radius 1 is 0.760 bits per heavy atom. The molecule has 0 radical (unpaired) electrons. The molecule has 0 heterocycles. The SMILES string of the molecule is CCCCC(CC)COCC(CC)CCCC.O=P([O-])([O-])[O-].[Na+].[Na+].[Na+]. The third kappa shape index (κ3) is 38.3. The zero-order valence-corrected chi connectivity index (χ0v) is 24.6. The Balaban J connectivity index is -0.000000147. The monoisotopic (exact) mass is 406 g/mol. The summed E-state index contributed by atoms with van der Waals surface area (Å²) in [5, 5.41) is 0. The molecular formula is C16H34Na3O5P. The van der Waals surface area contributed by atoms with Gasteiger partial charge < -0.3 is 24.0 Å². The standard InChI is InChI=1S/C16H34O.3Na.H3O4P/c1-5-9-11-15(7-3)13-17-14-16(8-4)12-10-6-2;;;;1-5(2,3)4/h15-16H,5-14H2,1-4H3;;;;(H3,1,2,3,4)/q;3*+1;/p-3. The summed E-state index contributed by atoms with van der Waals surface area (Å²) in [5.74, 6) is 1.58. The zero-order chi connectivity index (χ0) is 17.4. The van der Waals surface area contributed by atoms with Crippen molar-refractivity contribution in [3.63, 3.8) is 0 Å². The summed E-state index contributed by atoms with van der Waals surface area (Å²) in [6.07, 6.45) is 10.6. The van der Waals surface area contributed by atoms with E-state index in [1.807, 2.05) is 0 Å². The number of ether oxygens (including phenoxy) is 1. The van der Waals surface area contributed by atoms with Crippen LogP contribution in [0.4, 0.5) is 0 Å². The van der Waals surface area contributed by atoms with E-state index in [-0.39, 0.29) is 88.7 Å². The molecule has 136 valence electrons. The third-order valence-electron chi connectivity index (χ3n) is 3.79. The summed E-state index contributed by atoms with van der Waals surface area (Å²) in [4.78, 5) is 25.6. The molecule has 0 aliphatic carbocycles. The number of rotatable bonds is 12. The van der Waals surface area contributed by atoms with Gasteiger partial charge in [-0.25, -0.2) is 0 Å². The van der Waals surface area contributed by atoms with E-state index in [1.165, 1.54) is 51.4 Å². The summed E-state index contributed by atoms with van der Waals surface area (Å²) < 4.78 is 14.5. The number of hydrogen-bond acceptors (Lipinski definition) is 5. The molecular weight excluding hydrogens is 372 g/mol. The Kier molecular flexibility index (Phi) is 41.8. The maximum atomic E-state index is 8.55. The van der Waals surface area contributed by atoms with Gasteiger partial charge in [0.25, 0.3) is 0 Å². The van der Waals surface area contributed by atoms with Crippen LogP contribution in [0.15, 0.2) is 0 Å². The van der Waals surface area contributed by atoms with Crippen molar-refractivity contribution in [2.45, 2.75) is 79.1 Å². The van der Waals surface area contributed by atoms with E-state index in [9.17, 15) is 0 Å². The summed E-state index contributed by atoms with van der Waals surface area (Å²) in [7, 11) is -5.39. The molecule has 0 saturated heterocycles. The van der Waals surface area contributed by atoms with Crippen LogP contribution in [0.3, 0.4) is 0 Å². The van der Waals surface area contributed by atoms with E-state index in [2.05, 4.69) is 27.7 Å². The van der Waals surface area contributed by atoms with Gasteiger partial charge in [0.05, 0.1) is 0 Å². The second-order valence-electron chi connectivity index (χ2n) is 5.82. The van der Waals surface area contributed by atoms with Crippen molar-refractivity contribution in [3.8, 4) is 0 Å². The summed E-state index contributed by atoms with van der Waals surface area (Å²) >= 11 is 0. The molecule has 0 aromatic heterocycles. The first-order valence-electron chi connectivity index (χ1n) is 8.59. The maximum Gasteiger partial charge on any atom is 1.00 e. The van der Waals surface area contributed by atoms with Gasteiger partial charge in [0.2, 0.25) is 0 Å². The molecule has 0 spiro atoms. The molecule has 0 rings (SSSR count). The van der Waals surface area contributed by atoms with Crippen LogP contribution in [-0.4, -0.2) is 13.2 Å². The minimum absolute atomic E-state index is 0. The zero-order valence-electron chi connectivity index (χ0n) is 17.7. The van der Waals surface area contributed by atoms with Crippen molar-refractivity contribution in [2.24, 2.45) is 11.8 Å². The quantitative estimate of drug-likeness (QED) is 0.237.